The van der Waals surface area contributed by atoms with Gasteiger partial charge in [-0.3, -0.25) is 4.79 Å². The Kier molecular flexibility index (Phi) is 3.67. The lowest BCUT2D eigenvalue weighted by Crippen LogP contribution is -2.32. The first-order chi connectivity index (χ1) is 8.15. The van der Waals surface area contributed by atoms with Gasteiger partial charge in [-0.2, -0.15) is 0 Å². The SMILES string of the molecule is CC1CCN(c2ccc(CC(=O)O)cc2)CC1. The lowest BCUT2D eigenvalue weighted by molar-refractivity contribution is -0.136. The molecule has 3 heteroatoms. The molecule has 1 aromatic carbocycles. The Morgan fingerprint density at radius 1 is 1.29 bits per heavy atom. The van der Waals surface area contributed by atoms with Crippen molar-refractivity contribution in [2.45, 2.75) is 26.2 Å². The van der Waals surface area contributed by atoms with E-state index in [4.69, 9.17) is 5.11 Å². The second-order valence-corrected chi connectivity index (χ2v) is 4.91. The maximum atomic E-state index is 10.6. The minimum Gasteiger partial charge on any atom is -0.481 e. The zero-order valence-electron chi connectivity index (χ0n) is 10.2. The van der Waals surface area contributed by atoms with E-state index in [0.29, 0.717) is 0 Å². The number of carbonyl (C=O) groups is 1. The number of aliphatic carboxylic acids is 1. The minimum atomic E-state index is -0.774. The fourth-order valence-corrected chi connectivity index (χ4v) is 2.27. The molecule has 0 aromatic heterocycles. The molecule has 1 fully saturated rings. The van der Waals surface area contributed by atoms with Gasteiger partial charge in [0.2, 0.25) is 0 Å². The number of rotatable bonds is 3. The number of carboxylic acids is 1. The first-order valence-electron chi connectivity index (χ1n) is 6.21. The van der Waals surface area contributed by atoms with E-state index in [1.807, 2.05) is 24.3 Å². The second-order valence-electron chi connectivity index (χ2n) is 4.91. The Morgan fingerprint density at radius 2 is 1.88 bits per heavy atom. The topological polar surface area (TPSA) is 40.5 Å². The third-order valence-electron chi connectivity index (χ3n) is 3.44. The Bertz CT molecular complexity index is 378. The molecular weight excluding hydrogens is 214 g/mol. The van der Waals surface area contributed by atoms with Crippen LogP contribution in [0.4, 0.5) is 5.69 Å². The average Bonchev–Trinajstić information content (AvgIpc) is 2.30. The third-order valence-corrected chi connectivity index (χ3v) is 3.44. The fourth-order valence-electron chi connectivity index (χ4n) is 2.27. The Labute approximate surface area is 102 Å². The van der Waals surface area contributed by atoms with Gasteiger partial charge in [0.05, 0.1) is 6.42 Å². The molecule has 0 atom stereocenters. The van der Waals surface area contributed by atoms with Crippen molar-refractivity contribution in [3.8, 4) is 0 Å². The lowest BCUT2D eigenvalue weighted by atomic mass is 9.98. The van der Waals surface area contributed by atoms with E-state index in [-0.39, 0.29) is 6.42 Å². The largest absolute Gasteiger partial charge is 0.481 e. The maximum Gasteiger partial charge on any atom is 0.307 e. The van der Waals surface area contributed by atoms with Crippen molar-refractivity contribution in [3.05, 3.63) is 29.8 Å². The summed E-state index contributed by atoms with van der Waals surface area (Å²) in [5.41, 5.74) is 2.08. The quantitative estimate of drug-likeness (QED) is 0.872. The number of hydrogen-bond donors (Lipinski definition) is 1. The second kappa shape index (κ2) is 5.21. The smallest absolute Gasteiger partial charge is 0.307 e. The van der Waals surface area contributed by atoms with Crippen LogP contribution >= 0.6 is 0 Å². The van der Waals surface area contributed by atoms with E-state index in [1.54, 1.807) is 0 Å². The molecule has 1 aromatic rings. The molecule has 1 aliphatic rings. The summed E-state index contributed by atoms with van der Waals surface area (Å²) in [6.45, 7) is 4.52. The standard InChI is InChI=1S/C14H19NO2/c1-11-6-8-15(9-7-11)13-4-2-12(3-5-13)10-14(16)17/h2-5,11H,6-10H2,1H3,(H,16,17). The zero-order chi connectivity index (χ0) is 12.3. The van der Waals surface area contributed by atoms with Gasteiger partial charge in [0, 0.05) is 18.8 Å². The molecule has 1 aliphatic heterocycles. The normalized spacial score (nSPS) is 17.1. The lowest BCUT2D eigenvalue weighted by Gasteiger charge is -2.32. The van der Waals surface area contributed by atoms with Gasteiger partial charge < -0.3 is 10.0 Å². The molecule has 0 unspecified atom stereocenters. The van der Waals surface area contributed by atoms with Crippen molar-refractivity contribution in [3.63, 3.8) is 0 Å². The van der Waals surface area contributed by atoms with E-state index in [2.05, 4.69) is 11.8 Å². The maximum absolute atomic E-state index is 10.6. The molecular formula is C14H19NO2. The zero-order valence-corrected chi connectivity index (χ0v) is 10.2. The molecule has 0 bridgehead atoms. The van der Waals surface area contributed by atoms with Gasteiger partial charge in [0.25, 0.3) is 0 Å². The van der Waals surface area contributed by atoms with Crippen molar-refractivity contribution in [1.29, 1.82) is 0 Å². The van der Waals surface area contributed by atoms with Crippen molar-refractivity contribution in [2.24, 2.45) is 5.92 Å². The molecule has 0 aliphatic carbocycles. The molecule has 1 heterocycles. The fraction of sp³-hybridized carbons (Fsp3) is 0.500. The van der Waals surface area contributed by atoms with Crippen molar-refractivity contribution < 1.29 is 9.90 Å². The predicted octanol–water partition coefficient (Wildman–Crippen LogP) is 2.55. The van der Waals surface area contributed by atoms with Crippen LogP contribution in [0, 0.1) is 5.92 Å². The molecule has 2 rings (SSSR count). The molecule has 1 N–H and O–H groups in total. The van der Waals surface area contributed by atoms with Gasteiger partial charge in [-0.05, 0) is 36.5 Å². The Hall–Kier alpha value is -1.51. The van der Waals surface area contributed by atoms with Crippen LogP contribution < -0.4 is 4.90 Å². The summed E-state index contributed by atoms with van der Waals surface area (Å²) in [6.07, 6.45) is 2.60. The summed E-state index contributed by atoms with van der Waals surface area (Å²) in [5.74, 6) is 0.0575. The highest BCUT2D eigenvalue weighted by Crippen LogP contribution is 2.23. The summed E-state index contributed by atoms with van der Waals surface area (Å²) in [5, 5.41) is 8.70. The molecule has 92 valence electrons. The van der Waals surface area contributed by atoms with E-state index >= 15 is 0 Å². The number of carboxylic acid groups (broad SMARTS) is 1. The van der Waals surface area contributed by atoms with Crippen LogP contribution in [0.5, 0.6) is 0 Å². The van der Waals surface area contributed by atoms with Crippen LogP contribution in [-0.2, 0) is 11.2 Å². The first kappa shape index (κ1) is 12.0. The monoisotopic (exact) mass is 233 g/mol. The van der Waals surface area contributed by atoms with Gasteiger partial charge in [-0.25, -0.2) is 0 Å². The highest BCUT2D eigenvalue weighted by atomic mass is 16.4. The van der Waals surface area contributed by atoms with Gasteiger partial charge in [-0.15, -0.1) is 0 Å². The predicted molar refractivity (Wildman–Crippen MR) is 68.4 cm³/mol. The highest BCUT2D eigenvalue weighted by Gasteiger charge is 2.15. The molecule has 3 nitrogen and oxygen atoms in total. The number of piperidine rings is 1. The van der Waals surface area contributed by atoms with Crippen LogP contribution in [0.25, 0.3) is 0 Å². The van der Waals surface area contributed by atoms with Gasteiger partial charge in [0.1, 0.15) is 0 Å². The first-order valence-corrected chi connectivity index (χ1v) is 6.21. The molecule has 0 spiro atoms. The molecule has 0 radical (unpaired) electrons. The number of benzene rings is 1. The van der Waals surface area contributed by atoms with Crippen LogP contribution in [0.3, 0.4) is 0 Å². The molecule has 1 saturated heterocycles. The van der Waals surface area contributed by atoms with Crippen LogP contribution in [0.1, 0.15) is 25.3 Å². The molecule has 0 amide bonds. The summed E-state index contributed by atoms with van der Waals surface area (Å²) < 4.78 is 0. The van der Waals surface area contributed by atoms with Gasteiger partial charge in [0.15, 0.2) is 0 Å². The average molecular weight is 233 g/mol. The summed E-state index contributed by atoms with van der Waals surface area (Å²) in [4.78, 5) is 13.0. The van der Waals surface area contributed by atoms with Crippen molar-refractivity contribution >= 4 is 11.7 Å². The van der Waals surface area contributed by atoms with Crippen molar-refractivity contribution in [1.82, 2.24) is 0 Å². The third kappa shape index (κ3) is 3.22. The number of hydrogen-bond acceptors (Lipinski definition) is 2. The van der Waals surface area contributed by atoms with E-state index in [9.17, 15) is 4.79 Å². The highest BCUT2D eigenvalue weighted by molar-refractivity contribution is 5.70. The Balaban J connectivity index is 2.00. The van der Waals surface area contributed by atoms with Crippen LogP contribution in [0.2, 0.25) is 0 Å². The minimum absolute atomic E-state index is 0.108. The van der Waals surface area contributed by atoms with Crippen LogP contribution in [-0.4, -0.2) is 24.2 Å². The van der Waals surface area contributed by atoms with E-state index < -0.39 is 5.97 Å². The van der Waals surface area contributed by atoms with Gasteiger partial charge >= 0.3 is 5.97 Å². The van der Waals surface area contributed by atoms with Crippen molar-refractivity contribution in [2.75, 3.05) is 18.0 Å². The summed E-state index contributed by atoms with van der Waals surface area (Å²) >= 11 is 0. The Morgan fingerprint density at radius 3 is 2.41 bits per heavy atom. The molecule has 0 saturated carbocycles. The summed E-state index contributed by atoms with van der Waals surface area (Å²) in [7, 11) is 0. The van der Waals surface area contributed by atoms with Gasteiger partial charge in [-0.1, -0.05) is 19.1 Å². The molecule has 17 heavy (non-hydrogen) atoms. The van der Waals surface area contributed by atoms with E-state index in [0.717, 1.165) is 24.6 Å². The number of nitrogens with zero attached hydrogens (tertiary/aromatic N) is 1. The number of anilines is 1. The summed E-state index contributed by atoms with van der Waals surface area (Å²) in [6, 6.07) is 7.91. The van der Waals surface area contributed by atoms with Crippen LogP contribution in [0.15, 0.2) is 24.3 Å². The van der Waals surface area contributed by atoms with E-state index in [1.165, 1.54) is 18.5 Å².